The zero-order valence-electron chi connectivity index (χ0n) is 7.66. The first-order chi connectivity index (χ1) is 6.18. The number of rotatable bonds is 1. The lowest BCUT2D eigenvalue weighted by Crippen LogP contribution is -2.40. The Balaban J connectivity index is 3.30. The Kier molecular flexibility index (Phi) is 3.31. The molecule has 1 aliphatic rings. The second-order valence-electron chi connectivity index (χ2n) is 3.45. The van der Waals surface area contributed by atoms with Crippen molar-refractivity contribution in [2.45, 2.75) is 18.6 Å². The maximum atomic E-state index is 11.2. The van der Waals surface area contributed by atoms with Crippen molar-refractivity contribution in [2.75, 3.05) is 0 Å². The summed E-state index contributed by atoms with van der Waals surface area (Å²) in [6.07, 6.45) is 3.24. The first-order valence-electron chi connectivity index (χ1n) is 3.91. The van der Waals surface area contributed by atoms with E-state index in [1.807, 2.05) is 0 Å². The van der Waals surface area contributed by atoms with Crippen molar-refractivity contribution in [1.82, 2.24) is 0 Å². The molecule has 6 heteroatoms. The molecule has 1 aliphatic carbocycles. The predicted molar refractivity (Wildman–Crippen MR) is 63.1 cm³/mol. The molecule has 0 saturated carbocycles. The standard InChI is InChI=1S/C8H10Br2O3S/c1-5-3-6(9)7(10)4-8(5,2)14(11,12)13/h3-5H,1-2H3,(H,11,12,13). The highest BCUT2D eigenvalue weighted by atomic mass is 79.9. The van der Waals surface area contributed by atoms with Crippen molar-refractivity contribution in [3.8, 4) is 0 Å². The highest BCUT2D eigenvalue weighted by Gasteiger charge is 2.42. The number of hydrogen-bond acceptors (Lipinski definition) is 2. The van der Waals surface area contributed by atoms with Gasteiger partial charge in [-0.05, 0) is 44.9 Å². The van der Waals surface area contributed by atoms with Gasteiger partial charge in [-0.25, -0.2) is 0 Å². The van der Waals surface area contributed by atoms with Crippen LogP contribution in [0.4, 0.5) is 0 Å². The molecule has 0 aromatic rings. The van der Waals surface area contributed by atoms with Crippen LogP contribution in [0.3, 0.4) is 0 Å². The van der Waals surface area contributed by atoms with Gasteiger partial charge in [0.25, 0.3) is 10.1 Å². The van der Waals surface area contributed by atoms with Crippen LogP contribution < -0.4 is 0 Å². The first-order valence-corrected chi connectivity index (χ1v) is 6.94. The lowest BCUT2D eigenvalue weighted by Gasteiger charge is -2.31. The summed E-state index contributed by atoms with van der Waals surface area (Å²) in [5.74, 6) is -0.284. The molecule has 14 heavy (non-hydrogen) atoms. The summed E-state index contributed by atoms with van der Waals surface area (Å²) in [7, 11) is -4.10. The van der Waals surface area contributed by atoms with Crippen LogP contribution in [0.5, 0.6) is 0 Å². The van der Waals surface area contributed by atoms with Crippen LogP contribution in [0.15, 0.2) is 21.1 Å². The normalized spacial score (nSPS) is 33.6. The third-order valence-corrected chi connectivity index (χ3v) is 5.98. The van der Waals surface area contributed by atoms with E-state index in [2.05, 4.69) is 31.9 Å². The molecule has 1 rings (SSSR count). The minimum Gasteiger partial charge on any atom is -0.285 e. The Hall–Kier alpha value is 0.350. The van der Waals surface area contributed by atoms with Crippen molar-refractivity contribution in [3.05, 3.63) is 21.1 Å². The van der Waals surface area contributed by atoms with Gasteiger partial charge in [0.05, 0.1) is 0 Å². The largest absolute Gasteiger partial charge is 0.285 e. The lowest BCUT2D eigenvalue weighted by molar-refractivity contribution is 0.426. The molecular weight excluding hydrogens is 336 g/mol. The Morgan fingerprint density at radius 3 is 2.36 bits per heavy atom. The van der Waals surface area contributed by atoms with Crippen molar-refractivity contribution < 1.29 is 13.0 Å². The monoisotopic (exact) mass is 344 g/mol. The second kappa shape index (κ2) is 3.73. The van der Waals surface area contributed by atoms with Gasteiger partial charge in [-0.1, -0.05) is 13.0 Å². The summed E-state index contributed by atoms with van der Waals surface area (Å²) in [6, 6.07) is 0. The molecule has 0 saturated heterocycles. The number of hydrogen-bond donors (Lipinski definition) is 1. The molecule has 0 fully saturated rings. The van der Waals surface area contributed by atoms with Crippen molar-refractivity contribution in [3.63, 3.8) is 0 Å². The maximum Gasteiger partial charge on any atom is 0.274 e. The summed E-state index contributed by atoms with van der Waals surface area (Å²) in [4.78, 5) is 0. The second-order valence-corrected chi connectivity index (χ2v) is 6.99. The van der Waals surface area contributed by atoms with E-state index < -0.39 is 14.9 Å². The highest BCUT2D eigenvalue weighted by Crippen LogP contribution is 2.40. The Bertz CT molecular complexity index is 410. The SMILES string of the molecule is CC1C=C(Br)C(Br)=CC1(C)S(=O)(=O)O. The minimum absolute atomic E-state index is 0.284. The minimum atomic E-state index is -4.10. The maximum absolute atomic E-state index is 11.2. The fourth-order valence-electron chi connectivity index (χ4n) is 1.23. The van der Waals surface area contributed by atoms with Crippen molar-refractivity contribution >= 4 is 42.0 Å². The van der Waals surface area contributed by atoms with Gasteiger partial charge in [-0.15, -0.1) is 0 Å². The van der Waals surface area contributed by atoms with E-state index in [1.165, 1.54) is 13.0 Å². The molecule has 2 unspecified atom stereocenters. The molecule has 0 amide bonds. The van der Waals surface area contributed by atoms with E-state index in [4.69, 9.17) is 4.55 Å². The van der Waals surface area contributed by atoms with E-state index in [0.29, 0.717) is 4.48 Å². The first kappa shape index (κ1) is 12.4. The fraction of sp³-hybridized carbons (Fsp3) is 0.500. The Labute approximate surface area is 100 Å². The van der Waals surface area contributed by atoms with E-state index in [0.717, 1.165) is 4.48 Å². The summed E-state index contributed by atoms with van der Waals surface area (Å²) in [6.45, 7) is 3.23. The molecule has 0 aliphatic heterocycles. The van der Waals surface area contributed by atoms with Gasteiger partial charge in [-0.3, -0.25) is 4.55 Å². The summed E-state index contributed by atoms with van der Waals surface area (Å²) >= 11 is 6.50. The molecule has 0 radical (unpaired) electrons. The predicted octanol–water partition coefficient (Wildman–Crippen LogP) is 2.84. The molecule has 0 spiro atoms. The highest BCUT2D eigenvalue weighted by molar-refractivity contribution is 9.15. The van der Waals surface area contributed by atoms with E-state index in [-0.39, 0.29) is 5.92 Å². The van der Waals surface area contributed by atoms with Crippen molar-refractivity contribution in [2.24, 2.45) is 5.92 Å². The van der Waals surface area contributed by atoms with Crippen LogP contribution in [0.1, 0.15) is 13.8 Å². The fourth-order valence-corrected chi connectivity index (χ4v) is 3.30. The average molecular weight is 346 g/mol. The zero-order valence-corrected chi connectivity index (χ0v) is 11.6. The third-order valence-electron chi connectivity index (χ3n) is 2.50. The van der Waals surface area contributed by atoms with E-state index >= 15 is 0 Å². The molecule has 1 N–H and O–H groups in total. The number of halogens is 2. The van der Waals surface area contributed by atoms with Crippen LogP contribution in [0.25, 0.3) is 0 Å². The Morgan fingerprint density at radius 1 is 1.43 bits per heavy atom. The van der Waals surface area contributed by atoms with Gasteiger partial charge in [0.1, 0.15) is 4.75 Å². The van der Waals surface area contributed by atoms with Crippen molar-refractivity contribution in [1.29, 1.82) is 0 Å². The Morgan fingerprint density at radius 2 is 1.93 bits per heavy atom. The van der Waals surface area contributed by atoms with Crippen LogP contribution in [-0.4, -0.2) is 17.7 Å². The topological polar surface area (TPSA) is 54.4 Å². The summed E-state index contributed by atoms with van der Waals surface area (Å²) < 4.78 is 31.7. The van der Waals surface area contributed by atoms with E-state index in [1.54, 1.807) is 13.0 Å². The van der Waals surface area contributed by atoms with Gasteiger partial charge in [0.2, 0.25) is 0 Å². The summed E-state index contributed by atoms with van der Waals surface area (Å²) in [5.41, 5.74) is 0. The molecule has 0 heterocycles. The molecule has 0 bridgehead atoms. The van der Waals surface area contributed by atoms with Gasteiger partial charge in [0, 0.05) is 14.9 Å². The van der Waals surface area contributed by atoms with Crippen LogP contribution in [0.2, 0.25) is 0 Å². The van der Waals surface area contributed by atoms with E-state index in [9.17, 15) is 8.42 Å². The summed E-state index contributed by atoms with van der Waals surface area (Å²) in [5, 5.41) is 0. The smallest absolute Gasteiger partial charge is 0.274 e. The number of allylic oxidation sites excluding steroid dienone is 3. The third kappa shape index (κ3) is 1.98. The van der Waals surface area contributed by atoms with Gasteiger partial charge in [0.15, 0.2) is 0 Å². The van der Waals surface area contributed by atoms with Gasteiger partial charge in [-0.2, -0.15) is 8.42 Å². The van der Waals surface area contributed by atoms with Gasteiger partial charge < -0.3 is 0 Å². The van der Waals surface area contributed by atoms with Crippen LogP contribution in [0, 0.1) is 5.92 Å². The molecule has 80 valence electrons. The van der Waals surface area contributed by atoms with Crippen LogP contribution in [-0.2, 0) is 10.1 Å². The molecule has 3 nitrogen and oxygen atoms in total. The molecular formula is C8H10Br2O3S. The van der Waals surface area contributed by atoms with Crippen LogP contribution >= 0.6 is 31.9 Å². The lowest BCUT2D eigenvalue weighted by atomic mass is 9.91. The van der Waals surface area contributed by atoms with Gasteiger partial charge >= 0.3 is 0 Å². The molecule has 0 aromatic carbocycles. The quantitative estimate of drug-likeness (QED) is 0.743. The average Bonchev–Trinajstić information content (AvgIpc) is 1.99. The zero-order chi connectivity index (χ0) is 11.1. The molecule has 2 atom stereocenters. The molecule has 0 aromatic heterocycles.